The molecule has 48 heavy (non-hydrogen) atoms. The van der Waals surface area contributed by atoms with Gasteiger partial charge in [0.15, 0.2) is 0 Å². The average molecular weight is 692 g/mol. The molecule has 0 unspecified atom stereocenters. The number of likely N-dealkylation sites (N-methyl/N-ethyl adjacent to an activating group) is 1. The maximum Gasteiger partial charge on any atom is 0.424 e. The van der Waals surface area contributed by atoms with Crippen LogP contribution in [0.2, 0.25) is 0 Å². The summed E-state index contributed by atoms with van der Waals surface area (Å²) in [6, 6.07) is 11.5. The number of sulfonamides is 1. The van der Waals surface area contributed by atoms with E-state index in [1.54, 1.807) is 0 Å². The van der Waals surface area contributed by atoms with Gasteiger partial charge in [-0.05, 0) is 62.8 Å². The smallest absolute Gasteiger partial charge is 0.424 e. The Balaban J connectivity index is 1.73. The summed E-state index contributed by atoms with van der Waals surface area (Å²) >= 11 is 0. The molecule has 15 heteroatoms. The predicted octanol–water partition coefficient (Wildman–Crippen LogP) is 6.57. The number of carbonyl (C=O) groups is 2. The van der Waals surface area contributed by atoms with E-state index in [-0.39, 0.29) is 54.7 Å². The van der Waals surface area contributed by atoms with Crippen molar-refractivity contribution >= 4 is 28.4 Å². The first kappa shape index (κ1) is 36.6. The molecule has 1 atom stereocenters. The fourth-order valence-corrected chi connectivity index (χ4v) is 6.50. The molecule has 3 aromatic rings. The van der Waals surface area contributed by atoms with Gasteiger partial charge in [0.25, 0.3) is 10.0 Å². The lowest BCUT2D eigenvalue weighted by Crippen LogP contribution is -2.53. The van der Waals surface area contributed by atoms with E-state index in [9.17, 15) is 31.2 Å². The van der Waals surface area contributed by atoms with Crippen molar-refractivity contribution < 1.29 is 40.7 Å². The Morgan fingerprint density at radius 1 is 1.10 bits per heavy atom. The SMILES string of the molecule is CCCCN(C(=O)OC)N(C)[C@@H](COc1cc(-c2c(C)cccc2C)nc(NS(=O)(=O)c2cccc(C=O)c2)n1)CC1(C(F)(F)F)CC1. The van der Waals surface area contributed by atoms with Gasteiger partial charge in [0.05, 0.1) is 29.2 Å². The highest BCUT2D eigenvalue weighted by molar-refractivity contribution is 7.92. The van der Waals surface area contributed by atoms with Gasteiger partial charge < -0.3 is 9.47 Å². The second kappa shape index (κ2) is 14.9. The van der Waals surface area contributed by atoms with Crippen LogP contribution in [0, 0.1) is 19.3 Å². The number of unbranched alkanes of at least 4 members (excludes halogenated alkanes) is 1. The summed E-state index contributed by atoms with van der Waals surface area (Å²) in [5.74, 6) is -0.449. The maximum absolute atomic E-state index is 14.2. The van der Waals surface area contributed by atoms with Crippen molar-refractivity contribution in [2.75, 3.05) is 32.0 Å². The summed E-state index contributed by atoms with van der Waals surface area (Å²) in [4.78, 5) is 32.5. The molecule has 1 aromatic heterocycles. The highest BCUT2D eigenvalue weighted by atomic mass is 32.2. The molecule has 1 heterocycles. The van der Waals surface area contributed by atoms with Crippen molar-refractivity contribution in [1.29, 1.82) is 0 Å². The molecule has 4 rings (SSSR count). The number of hydrogen-bond donors (Lipinski definition) is 1. The lowest BCUT2D eigenvalue weighted by molar-refractivity contribution is -0.196. The Morgan fingerprint density at radius 2 is 1.77 bits per heavy atom. The number of aryl methyl sites for hydroxylation is 2. The van der Waals surface area contributed by atoms with Gasteiger partial charge in [0.2, 0.25) is 11.8 Å². The van der Waals surface area contributed by atoms with Crippen LogP contribution in [-0.2, 0) is 14.8 Å². The van der Waals surface area contributed by atoms with Gasteiger partial charge >= 0.3 is 12.3 Å². The van der Waals surface area contributed by atoms with E-state index in [0.717, 1.165) is 17.5 Å². The standard InChI is InChI=1S/C33H40F3N5O6S/c1-6-7-16-41(31(43)46-5)40(4)25(19-32(14-15-32)33(34,35)36)21-47-28-18-27(29-22(2)10-8-11-23(29)3)37-30(38-28)39-48(44,45)26-13-9-12-24(17-26)20-42/h8-13,17-18,20,25H,6-7,14-16,19,21H2,1-5H3,(H,37,38,39)/t25-/m1/s1. The molecule has 1 aliphatic rings. The Labute approximate surface area is 278 Å². The van der Waals surface area contributed by atoms with Crippen molar-refractivity contribution in [1.82, 2.24) is 20.0 Å². The fraction of sp³-hybridized carbons (Fsp3) is 0.455. The topological polar surface area (TPSA) is 131 Å². The van der Waals surface area contributed by atoms with Crippen molar-refractivity contribution in [3.8, 4) is 17.1 Å². The summed E-state index contributed by atoms with van der Waals surface area (Å²) < 4.78 is 82.4. The first-order chi connectivity index (χ1) is 22.6. The zero-order valence-electron chi connectivity index (χ0n) is 27.5. The first-order valence-electron chi connectivity index (χ1n) is 15.5. The number of halogens is 3. The molecule has 1 N–H and O–H groups in total. The van der Waals surface area contributed by atoms with Gasteiger partial charge in [-0.2, -0.15) is 18.2 Å². The van der Waals surface area contributed by atoms with Crippen LogP contribution in [0.5, 0.6) is 5.88 Å². The summed E-state index contributed by atoms with van der Waals surface area (Å²) in [5.41, 5.74) is 0.883. The van der Waals surface area contributed by atoms with Crippen LogP contribution >= 0.6 is 0 Å². The van der Waals surface area contributed by atoms with Crippen LogP contribution in [0.3, 0.4) is 0 Å². The fourth-order valence-electron chi connectivity index (χ4n) is 5.50. The third-order valence-corrected chi connectivity index (χ3v) is 9.82. The molecule has 11 nitrogen and oxygen atoms in total. The summed E-state index contributed by atoms with van der Waals surface area (Å²) in [6.45, 7) is 5.53. The Bertz CT molecular complexity index is 1710. The number of anilines is 1. The van der Waals surface area contributed by atoms with Crippen LogP contribution in [0.15, 0.2) is 53.4 Å². The molecular formula is C33H40F3N5O6S. The van der Waals surface area contributed by atoms with Crippen LogP contribution in [0.1, 0.15) is 60.5 Å². The number of aldehydes is 1. The molecule has 260 valence electrons. The molecule has 1 amide bonds. The Hall–Kier alpha value is -4.24. The number of alkyl halides is 3. The number of aromatic nitrogens is 2. The van der Waals surface area contributed by atoms with Crippen LogP contribution in [-0.4, -0.2) is 80.3 Å². The van der Waals surface area contributed by atoms with E-state index in [1.807, 2.05) is 39.0 Å². The highest BCUT2D eigenvalue weighted by Gasteiger charge is 2.63. The molecule has 2 aromatic carbocycles. The number of rotatable bonds is 15. The lowest BCUT2D eigenvalue weighted by atomic mass is 9.96. The summed E-state index contributed by atoms with van der Waals surface area (Å²) in [5, 5.41) is 2.68. The second-order valence-corrected chi connectivity index (χ2v) is 13.6. The largest absolute Gasteiger partial charge is 0.476 e. The van der Waals surface area contributed by atoms with Crippen LogP contribution in [0.4, 0.5) is 23.9 Å². The van der Waals surface area contributed by atoms with Crippen molar-refractivity contribution in [2.24, 2.45) is 5.41 Å². The number of hydrogen-bond acceptors (Lipinski definition) is 9. The number of nitrogens with one attached hydrogen (secondary N) is 1. The molecule has 0 spiro atoms. The molecule has 0 radical (unpaired) electrons. The number of carbonyl (C=O) groups excluding carboxylic acids is 2. The average Bonchev–Trinajstić information content (AvgIpc) is 3.84. The molecule has 1 fully saturated rings. The number of methoxy groups -OCH3 is 1. The maximum atomic E-state index is 14.2. The monoisotopic (exact) mass is 691 g/mol. The number of amides is 1. The van der Waals surface area contributed by atoms with E-state index in [2.05, 4.69) is 14.7 Å². The number of nitrogens with zero attached hydrogens (tertiary/aromatic N) is 4. The van der Waals surface area contributed by atoms with Crippen LogP contribution in [0.25, 0.3) is 11.3 Å². The van der Waals surface area contributed by atoms with E-state index in [0.29, 0.717) is 24.0 Å². The van der Waals surface area contributed by atoms with E-state index >= 15 is 0 Å². The summed E-state index contributed by atoms with van der Waals surface area (Å²) in [6.07, 6.45) is -3.79. The van der Waals surface area contributed by atoms with Gasteiger partial charge in [-0.15, -0.1) is 0 Å². The zero-order chi connectivity index (χ0) is 35.3. The molecule has 1 saturated carbocycles. The van der Waals surface area contributed by atoms with Gasteiger partial charge in [-0.1, -0.05) is 43.7 Å². The third kappa shape index (κ3) is 8.42. The van der Waals surface area contributed by atoms with Crippen molar-refractivity contribution in [3.63, 3.8) is 0 Å². The minimum absolute atomic E-state index is 0.0462. The molecule has 0 aliphatic heterocycles. The van der Waals surface area contributed by atoms with Gasteiger partial charge in [-0.3, -0.25) is 4.79 Å². The predicted molar refractivity (Wildman–Crippen MR) is 173 cm³/mol. The van der Waals surface area contributed by atoms with Gasteiger partial charge in [0.1, 0.15) is 12.9 Å². The van der Waals surface area contributed by atoms with Gasteiger partial charge in [-0.25, -0.2) is 32.9 Å². The first-order valence-corrected chi connectivity index (χ1v) is 16.9. The minimum atomic E-state index is -4.46. The number of ether oxygens (including phenoxy) is 2. The van der Waals surface area contributed by atoms with Gasteiger partial charge in [0, 0.05) is 30.8 Å². The molecule has 0 bridgehead atoms. The van der Waals surface area contributed by atoms with Crippen molar-refractivity contribution in [3.05, 3.63) is 65.2 Å². The Morgan fingerprint density at radius 3 is 2.35 bits per heavy atom. The molecule has 1 aliphatic carbocycles. The zero-order valence-corrected chi connectivity index (χ0v) is 28.3. The number of hydrazine groups is 1. The highest BCUT2D eigenvalue weighted by Crippen LogP contribution is 2.60. The molecule has 0 saturated heterocycles. The summed E-state index contributed by atoms with van der Waals surface area (Å²) in [7, 11) is -1.56. The van der Waals surface area contributed by atoms with E-state index < -0.39 is 33.7 Å². The Kier molecular flexibility index (Phi) is 11.4. The quantitative estimate of drug-likeness (QED) is 0.139. The lowest BCUT2D eigenvalue weighted by Gasteiger charge is -2.38. The normalized spacial score (nSPS) is 14.7. The third-order valence-electron chi connectivity index (χ3n) is 8.49. The van der Waals surface area contributed by atoms with Crippen molar-refractivity contribution in [2.45, 2.75) is 70.0 Å². The second-order valence-electron chi connectivity index (χ2n) is 11.9. The molecular weight excluding hydrogens is 651 g/mol. The van der Waals surface area contributed by atoms with E-state index in [1.165, 1.54) is 54.5 Å². The van der Waals surface area contributed by atoms with E-state index in [4.69, 9.17) is 9.47 Å². The minimum Gasteiger partial charge on any atom is -0.476 e. The van der Waals surface area contributed by atoms with Crippen LogP contribution < -0.4 is 9.46 Å². The number of benzene rings is 2.